The maximum absolute atomic E-state index is 11.8. The van der Waals surface area contributed by atoms with Gasteiger partial charge in [0, 0.05) is 21.2 Å². The first kappa shape index (κ1) is 18.8. The molecule has 2 aromatic heterocycles. The first-order chi connectivity index (χ1) is 14.0. The van der Waals surface area contributed by atoms with Crippen LogP contribution in [0.2, 0.25) is 0 Å². The molecule has 0 spiro atoms. The third-order valence-corrected chi connectivity index (χ3v) is 4.95. The average molecular weight is 451 g/mol. The summed E-state index contributed by atoms with van der Waals surface area (Å²) in [4.78, 5) is 24.0. The SMILES string of the molecule is Cc1ccc2c(Nc3ncnc(Nc4ccccc4Br)c3[N+](=O)[O-])cccc2n1. The van der Waals surface area contributed by atoms with Gasteiger partial charge in [0.1, 0.15) is 6.33 Å². The molecule has 0 saturated heterocycles. The van der Waals surface area contributed by atoms with Crippen LogP contribution in [-0.2, 0) is 0 Å². The summed E-state index contributed by atoms with van der Waals surface area (Å²) in [6, 6.07) is 16.7. The van der Waals surface area contributed by atoms with E-state index in [2.05, 4.69) is 41.5 Å². The van der Waals surface area contributed by atoms with Gasteiger partial charge in [0.2, 0.25) is 11.6 Å². The standard InChI is InChI=1S/C20H15BrN6O2/c1-12-9-10-13-15(24-12)7-4-8-16(13)25-19-18(27(28)29)20(23-11-22-19)26-17-6-3-2-5-14(17)21/h2-11H,1H3,(H2,22,23,25,26). The summed E-state index contributed by atoms with van der Waals surface area (Å²) in [5, 5.41) is 18.8. The van der Waals surface area contributed by atoms with Crippen LogP contribution in [0.15, 0.2) is 65.4 Å². The van der Waals surface area contributed by atoms with Crippen molar-refractivity contribution in [2.24, 2.45) is 0 Å². The van der Waals surface area contributed by atoms with Gasteiger partial charge in [0.25, 0.3) is 0 Å². The van der Waals surface area contributed by atoms with Crippen molar-refractivity contribution in [3.05, 3.63) is 81.2 Å². The summed E-state index contributed by atoms with van der Waals surface area (Å²) in [5.74, 6) is 0.182. The summed E-state index contributed by atoms with van der Waals surface area (Å²) >= 11 is 3.42. The largest absolute Gasteiger partial charge is 0.353 e. The summed E-state index contributed by atoms with van der Waals surface area (Å²) < 4.78 is 0.762. The summed E-state index contributed by atoms with van der Waals surface area (Å²) in [7, 11) is 0. The van der Waals surface area contributed by atoms with Gasteiger partial charge >= 0.3 is 5.69 Å². The Morgan fingerprint density at radius 1 is 0.931 bits per heavy atom. The Hall–Kier alpha value is -3.59. The van der Waals surface area contributed by atoms with E-state index in [9.17, 15) is 10.1 Å². The van der Waals surface area contributed by atoms with Crippen LogP contribution in [0.1, 0.15) is 5.69 Å². The van der Waals surface area contributed by atoms with Crippen molar-refractivity contribution < 1.29 is 4.92 Å². The number of hydrogen-bond donors (Lipinski definition) is 2. The number of aryl methyl sites for hydroxylation is 1. The van der Waals surface area contributed by atoms with Gasteiger partial charge in [-0.15, -0.1) is 0 Å². The van der Waals surface area contributed by atoms with E-state index in [1.54, 1.807) is 6.07 Å². The number of nitrogens with one attached hydrogen (secondary N) is 2. The zero-order valence-electron chi connectivity index (χ0n) is 15.3. The monoisotopic (exact) mass is 450 g/mol. The highest BCUT2D eigenvalue weighted by Gasteiger charge is 2.24. The first-order valence-corrected chi connectivity index (χ1v) is 9.46. The topological polar surface area (TPSA) is 106 Å². The molecule has 144 valence electrons. The normalized spacial score (nSPS) is 10.7. The van der Waals surface area contributed by atoms with Gasteiger partial charge in [-0.2, -0.15) is 0 Å². The van der Waals surface area contributed by atoms with Gasteiger partial charge in [-0.05, 0) is 59.3 Å². The van der Waals surface area contributed by atoms with Crippen molar-refractivity contribution in [3.63, 3.8) is 0 Å². The fraction of sp³-hybridized carbons (Fsp3) is 0.0500. The van der Waals surface area contributed by atoms with Crippen molar-refractivity contribution in [2.45, 2.75) is 6.92 Å². The number of halogens is 1. The molecule has 0 fully saturated rings. The Morgan fingerprint density at radius 3 is 2.34 bits per heavy atom. The lowest BCUT2D eigenvalue weighted by Gasteiger charge is -2.12. The number of nitro groups is 1. The second-order valence-electron chi connectivity index (χ2n) is 6.23. The molecule has 2 N–H and O–H groups in total. The third kappa shape index (κ3) is 3.85. The minimum atomic E-state index is -0.505. The van der Waals surface area contributed by atoms with E-state index in [1.165, 1.54) is 6.33 Å². The fourth-order valence-electron chi connectivity index (χ4n) is 2.92. The van der Waals surface area contributed by atoms with Crippen LogP contribution in [0.3, 0.4) is 0 Å². The smallest absolute Gasteiger partial charge is 0.334 e. The van der Waals surface area contributed by atoms with Crippen LogP contribution in [0.25, 0.3) is 10.9 Å². The number of para-hydroxylation sites is 1. The van der Waals surface area contributed by atoms with E-state index in [0.29, 0.717) is 11.4 Å². The number of pyridine rings is 1. The Bertz CT molecular complexity index is 1230. The second-order valence-corrected chi connectivity index (χ2v) is 7.09. The molecule has 2 aromatic carbocycles. The molecule has 0 amide bonds. The zero-order chi connectivity index (χ0) is 20.4. The molecule has 0 aliphatic carbocycles. The van der Waals surface area contributed by atoms with E-state index >= 15 is 0 Å². The molecule has 4 aromatic rings. The van der Waals surface area contributed by atoms with Gasteiger partial charge in [-0.1, -0.05) is 18.2 Å². The Labute approximate surface area is 174 Å². The summed E-state index contributed by atoms with van der Waals surface area (Å²) in [5.41, 5.74) is 2.76. The molecular weight excluding hydrogens is 436 g/mol. The number of aromatic nitrogens is 3. The van der Waals surface area contributed by atoms with Crippen LogP contribution in [-0.4, -0.2) is 19.9 Å². The number of hydrogen-bond acceptors (Lipinski definition) is 7. The van der Waals surface area contributed by atoms with Crippen molar-refractivity contribution in [3.8, 4) is 0 Å². The van der Waals surface area contributed by atoms with Gasteiger partial charge in [-0.25, -0.2) is 9.97 Å². The highest BCUT2D eigenvalue weighted by molar-refractivity contribution is 9.10. The molecule has 0 bridgehead atoms. The highest BCUT2D eigenvalue weighted by atomic mass is 79.9. The van der Waals surface area contributed by atoms with Crippen LogP contribution in [0.4, 0.5) is 28.7 Å². The van der Waals surface area contributed by atoms with E-state index in [-0.39, 0.29) is 17.3 Å². The molecular formula is C20H15BrN6O2. The number of benzene rings is 2. The summed E-state index contributed by atoms with van der Waals surface area (Å²) in [6.45, 7) is 1.91. The molecule has 9 heteroatoms. The maximum Gasteiger partial charge on any atom is 0.353 e. The van der Waals surface area contributed by atoms with Gasteiger partial charge in [0.05, 0.1) is 16.1 Å². The minimum Gasteiger partial charge on any atom is -0.334 e. The van der Waals surface area contributed by atoms with Gasteiger partial charge < -0.3 is 10.6 Å². The number of fused-ring (bicyclic) bond motifs is 1. The lowest BCUT2D eigenvalue weighted by atomic mass is 10.1. The average Bonchev–Trinajstić information content (AvgIpc) is 2.69. The minimum absolute atomic E-state index is 0.0904. The number of anilines is 4. The highest BCUT2D eigenvalue weighted by Crippen LogP contribution is 2.35. The quantitative estimate of drug-likeness (QED) is 0.305. The van der Waals surface area contributed by atoms with Crippen molar-refractivity contribution in [1.29, 1.82) is 0 Å². The van der Waals surface area contributed by atoms with Crippen LogP contribution >= 0.6 is 15.9 Å². The fourth-order valence-corrected chi connectivity index (χ4v) is 3.30. The van der Waals surface area contributed by atoms with E-state index in [0.717, 1.165) is 21.1 Å². The first-order valence-electron chi connectivity index (χ1n) is 8.67. The molecule has 2 heterocycles. The summed E-state index contributed by atoms with van der Waals surface area (Å²) in [6.07, 6.45) is 1.28. The predicted octanol–water partition coefficient (Wildman–Crippen LogP) is 5.49. The Balaban J connectivity index is 1.77. The van der Waals surface area contributed by atoms with E-state index in [1.807, 2.05) is 55.5 Å². The number of rotatable bonds is 5. The zero-order valence-corrected chi connectivity index (χ0v) is 16.8. The van der Waals surface area contributed by atoms with Gasteiger partial charge in [0.15, 0.2) is 0 Å². The molecule has 8 nitrogen and oxygen atoms in total. The maximum atomic E-state index is 11.8. The molecule has 0 radical (unpaired) electrons. The molecule has 0 unspecified atom stereocenters. The molecule has 0 aliphatic rings. The van der Waals surface area contributed by atoms with Crippen molar-refractivity contribution >= 4 is 55.5 Å². The molecule has 29 heavy (non-hydrogen) atoms. The Morgan fingerprint density at radius 2 is 1.62 bits per heavy atom. The molecule has 0 atom stereocenters. The van der Waals surface area contributed by atoms with Crippen LogP contribution < -0.4 is 10.6 Å². The van der Waals surface area contributed by atoms with Crippen LogP contribution in [0, 0.1) is 17.0 Å². The lowest BCUT2D eigenvalue weighted by molar-refractivity contribution is -0.383. The number of nitrogens with zero attached hydrogens (tertiary/aromatic N) is 4. The molecule has 0 saturated carbocycles. The van der Waals surface area contributed by atoms with Gasteiger partial charge in [-0.3, -0.25) is 15.1 Å². The lowest BCUT2D eigenvalue weighted by Crippen LogP contribution is -2.06. The predicted molar refractivity (Wildman–Crippen MR) is 116 cm³/mol. The molecule has 4 rings (SSSR count). The van der Waals surface area contributed by atoms with Crippen LogP contribution in [0.5, 0.6) is 0 Å². The van der Waals surface area contributed by atoms with E-state index < -0.39 is 4.92 Å². The third-order valence-electron chi connectivity index (χ3n) is 4.26. The van der Waals surface area contributed by atoms with E-state index in [4.69, 9.17) is 0 Å². The second kappa shape index (κ2) is 7.80. The van der Waals surface area contributed by atoms with Crippen molar-refractivity contribution in [1.82, 2.24) is 15.0 Å². The van der Waals surface area contributed by atoms with Crippen molar-refractivity contribution in [2.75, 3.05) is 10.6 Å². The Kier molecular flexibility index (Phi) is 5.05. The molecule has 0 aliphatic heterocycles.